The number of carboxylic acids is 1. The number of nitrogens with one attached hydrogen (secondary N) is 1. The molecule has 5 heteroatoms. The zero-order valence-corrected chi connectivity index (χ0v) is 11.3. The molecule has 106 valence electrons. The fourth-order valence-electron chi connectivity index (χ4n) is 2.65. The molecule has 2 N–H and O–H groups in total. The highest BCUT2D eigenvalue weighted by Crippen LogP contribution is 2.23. The first-order chi connectivity index (χ1) is 9.65. The lowest BCUT2D eigenvalue weighted by molar-refractivity contribution is -0.131. The van der Waals surface area contributed by atoms with Gasteiger partial charge in [0.2, 0.25) is 5.91 Å². The second-order valence-electron chi connectivity index (χ2n) is 5.47. The molecular weight excluding hydrogens is 256 g/mol. The standard InChI is InChI=1S/C15H18N2O3/c18-14(8-16-11-4-5-11)17-7-6-12-10(9-17)2-1-3-13(12)15(19)20/h1-3,11,16H,4-9H2,(H,19,20). The van der Waals surface area contributed by atoms with Crippen molar-refractivity contribution < 1.29 is 14.7 Å². The van der Waals surface area contributed by atoms with E-state index in [1.54, 1.807) is 12.1 Å². The second kappa shape index (κ2) is 5.25. The van der Waals surface area contributed by atoms with Gasteiger partial charge in [0, 0.05) is 19.1 Å². The molecule has 5 nitrogen and oxygen atoms in total. The Morgan fingerprint density at radius 2 is 2.15 bits per heavy atom. The maximum Gasteiger partial charge on any atom is 0.335 e. The van der Waals surface area contributed by atoms with Crippen molar-refractivity contribution in [2.75, 3.05) is 13.1 Å². The van der Waals surface area contributed by atoms with Crippen LogP contribution in [0.4, 0.5) is 0 Å². The van der Waals surface area contributed by atoms with Gasteiger partial charge in [0.25, 0.3) is 0 Å². The molecule has 3 rings (SSSR count). The molecule has 1 amide bonds. The SMILES string of the molecule is O=C(O)c1cccc2c1CCN(C(=O)CNC1CC1)C2. The first-order valence-corrected chi connectivity index (χ1v) is 7.00. The lowest BCUT2D eigenvalue weighted by Gasteiger charge is -2.29. The summed E-state index contributed by atoms with van der Waals surface area (Å²) in [4.78, 5) is 25.1. The average molecular weight is 274 g/mol. The maximum atomic E-state index is 12.1. The molecule has 1 saturated carbocycles. The van der Waals surface area contributed by atoms with Crippen LogP contribution in [0.5, 0.6) is 0 Å². The molecule has 0 aromatic heterocycles. The Hall–Kier alpha value is -1.88. The smallest absolute Gasteiger partial charge is 0.335 e. The van der Waals surface area contributed by atoms with Crippen molar-refractivity contribution in [3.05, 3.63) is 34.9 Å². The zero-order valence-electron chi connectivity index (χ0n) is 11.3. The molecule has 0 saturated heterocycles. The lowest BCUT2D eigenvalue weighted by atomic mass is 9.94. The first kappa shape index (κ1) is 13.1. The van der Waals surface area contributed by atoms with E-state index in [0.717, 1.165) is 24.0 Å². The summed E-state index contributed by atoms with van der Waals surface area (Å²) < 4.78 is 0. The summed E-state index contributed by atoms with van der Waals surface area (Å²) in [6.07, 6.45) is 2.95. The van der Waals surface area contributed by atoms with Crippen LogP contribution < -0.4 is 5.32 Å². The van der Waals surface area contributed by atoms with E-state index in [4.69, 9.17) is 0 Å². The van der Waals surface area contributed by atoms with Crippen molar-refractivity contribution in [3.63, 3.8) is 0 Å². The molecule has 1 fully saturated rings. The highest BCUT2D eigenvalue weighted by atomic mass is 16.4. The first-order valence-electron chi connectivity index (χ1n) is 7.00. The quantitative estimate of drug-likeness (QED) is 0.860. The van der Waals surface area contributed by atoms with Crippen molar-refractivity contribution in [1.82, 2.24) is 10.2 Å². The molecule has 0 bridgehead atoms. The van der Waals surface area contributed by atoms with Gasteiger partial charge in [0.05, 0.1) is 12.1 Å². The van der Waals surface area contributed by atoms with E-state index in [1.807, 2.05) is 11.0 Å². The fraction of sp³-hybridized carbons (Fsp3) is 0.467. The number of aromatic carboxylic acids is 1. The van der Waals surface area contributed by atoms with E-state index < -0.39 is 5.97 Å². The molecule has 2 aliphatic rings. The molecule has 0 radical (unpaired) electrons. The number of fused-ring (bicyclic) bond motifs is 1. The highest BCUT2D eigenvalue weighted by molar-refractivity contribution is 5.90. The Bertz CT molecular complexity index is 552. The summed E-state index contributed by atoms with van der Waals surface area (Å²) in [6, 6.07) is 5.82. The Morgan fingerprint density at radius 3 is 2.85 bits per heavy atom. The van der Waals surface area contributed by atoms with Gasteiger partial charge in [-0.3, -0.25) is 4.79 Å². The number of benzene rings is 1. The maximum absolute atomic E-state index is 12.1. The van der Waals surface area contributed by atoms with Gasteiger partial charge in [0.15, 0.2) is 0 Å². The molecule has 1 heterocycles. The third-order valence-electron chi connectivity index (χ3n) is 3.97. The molecule has 0 spiro atoms. The van der Waals surface area contributed by atoms with Crippen molar-refractivity contribution in [1.29, 1.82) is 0 Å². The molecular formula is C15H18N2O3. The number of carboxylic acid groups (broad SMARTS) is 1. The number of hydrogen-bond donors (Lipinski definition) is 2. The fourth-order valence-corrected chi connectivity index (χ4v) is 2.65. The van der Waals surface area contributed by atoms with Crippen LogP contribution in [0, 0.1) is 0 Å². The van der Waals surface area contributed by atoms with Crippen molar-refractivity contribution >= 4 is 11.9 Å². The third kappa shape index (κ3) is 2.67. The van der Waals surface area contributed by atoms with Gasteiger partial charge >= 0.3 is 5.97 Å². The number of carbonyl (C=O) groups excluding carboxylic acids is 1. The Balaban J connectivity index is 1.69. The van der Waals surface area contributed by atoms with Gasteiger partial charge in [-0.25, -0.2) is 4.79 Å². The van der Waals surface area contributed by atoms with Crippen LogP contribution in [-0.4, -0.2) is 41.0 Å². The van der Waals surface area contributed by atoms with E-state index >= 15 is 0 Å². The van der Waals surface area contributed by atoms with Crippen molar-refractivity contribution in [2.45, 2.75) is 31.8 Å². The predicted molar refractivity (Wildman–Crippen MR) is 73.5 cm³/mol. The molecule has 20 heavy (non-hydrogen) atoms. The van der Waals surface area contributed by atoms with Crippen molar-refractivity contribution in [3.8, 4) is 0 Å². The van der Waals surface area contributed by atoms with Crippen LogP contribution >= 0.6 is 0 Å². The molecule has 0 unspecified atom stereocenters. The van der Waals surface area contributed by atoms with Gasteiger partial charge in [0.1, 0.15) is 0 Å². The Morgan fingerprint density at radius 1 is 1.35 bits per heavy atom. The summed E-state index contributed by atoms with van der Waals surface area (Å²) in [6.45, 7) is 1.50. The minimum Gasteiger partial charge on any atom is -0.478 e. The predicted octanol–water partition coefficient (Wildman–Crippen LogP) is 1.02. The van der Waals surface area contributed by atoms with Crippen LogP contribution in [0.25, 0.3) is 0 Å². The van der Waals surface area contributed by atoms with Gasteiger partial charge in [-0.15, -0.1) is 0 Å². The number of hydrogen-bond acceptors (Lipinski definition) is 3. The summed E-state index contributed by atoms with van der Waals surface area (Å²) in [5, 5.41) is 12.4. The molecule has 1 aliphatic carbocycles. The third-order valence-corrected chi connectivity index (χ3v) is 3.97. The normalized spacial score (nSPS) is 17.7. The van der Waals surface area contributed by atoms with Gasteiger partial charge in [-0.05, 0) is 36.5 Å². The zero-order chi connectivity index (χ0) is 14.1. The summed E-state index contributed by atoms with van der Waals surface area (Å²) in [5.41, 5.74) is 2.20. The number of carbonyl (C=O) groups is 2. The molecule has 0 atom stereocenters. The largest absolute Gasteiger partial charge is 0.478 e. The van der Waals surface area contributed by atoms with Crippen LogP contribution in [0.1, 0.15) is 34.3 Å². The number of amides is 1. The Kier molecular flexibility index (Phi) is 3.44. The average Bonchev–Trinajstić information content (AvgIpc) is 3.27. The minimum atomic E-state index is -0.892. The van der Waals surface area contributed by atoms with Crippen molar-refractivity contribution in [2.24, 2.45) is 0 Å². The second-order valence-corrected chi connectivity index (χ2v) is 5.47. The molecule has 1 aromatic carbocycles. The van der Waals surface area contributed by atoms with Gasteiger partial charge in [-0.2, -0.15) is 0 Å². The topological polar surface area (TPSA) is 69.6 Å². The van der Waals surface area contributed by atoms with E-state index in [2.05, 4.69) is 5.32 Å². The minimum absolute atomic E-state index is 0.100. The van der Waals surface area contributed by atoms with Gasteiger partial charge in [-0.1, -0.05) is 12.1 Å². The molecule has 1 aliphatic heterocycles. The number of nitrogens with zero attached hydrogens (tertiary/aromatic N) is 1. The van der Waals surface area contributed by atoms with Crippen LogP contribution in [0.2, 0.25) is 0 Å². The van der Waals surface area contributed by atoms with E-state index in [1.165, 1.54) is 0 Å². The van der Waals surface area contributed by atoms with Gasteiger partial charge < -0.3 is 15.3 Å². The molecule has 1 aromatic rings. The monoisotopic (exact) mass is 274 g/mol. The van der Waals surface area contributed by atoms with E-state index in [9.17, 15) is 14.7 Å². The number of rotatable bonds is 4. The van der Waals surface area contributed by atoms with Crippen LogP contribution in [0.3, 0.4) is 0 Å². The lowest BCUT2D eigenvalue weighted by Crippen LogP contribution is -2.41. The van der Waals surface area contributed by atoms with E-state index in [-0.39, 0.29) is 5.91 Å². The highest BCUT2D eigenvalue weighted by Gasteiger charge is 2.26. The van der Waals surface area contributed by atoms with Crippen LogP contribution in [0.15, 0.2) is 18.2 Å². The van der Waals surface area contributed by atoms with Crippen LogP contribution in [-0.2, 0) is 17.8 Å². The summed E-state index contributed by atoms with van der Waals surface area (Å²) >= 11 is 0. The summed E-state index contributed by atoms with van der Waals surface area (Å²) in [7, 11) is 0. The Labute approximate surface area is 117 Å². The summed E-state index contributed by atoms with van der Waals surface area (Å²) in [5.74, 6) is -0.791. The van der Waals surface area contributed by atoms with E-state index in [0.29, 0.717) is 37.7 Å².